The van der Waals surface area contributed by atoms with Crippen molar-refractivity contribution in [1.82, 2.24) is 14.9 Å². The average molecular weight is 385 g/mol. The minimum absolute atomic E-state index is 0.296. The lowest BCUT2D eigenvalue weighted by Gasteiger charge is -2.22. The monoisotopic (exact) mass is 385 g/mol. The summed E-state index contributed by atoms with van der Waals surface area (Å²) in [5, 5.41) is 4.83. The zero-order valence-corrected chi connectivity index (χ0v) is 16.4. The summed E-state index contributed by atoms with van der Waals surface area (Å²) in [7, 11) is 2.90. The van der Waals surface area contributed by atoms with E-state index in [1.807, 2.05) is 29.0 Å². The first kappa shape index (κ1) is 21.4. The standard InChI is InChI=1S/C21H27N3O4/c1-5-8-18(21(26)23(3)27-4)22-20(25)17-10-7-9-16-11-12-24(19(16)17)13-15-28-14-6-2/h5-7,9-12,18H,1-2,8,13-15H2,3-4H3,(H,22,25). The molecular formula is C21H27N3O4. The SMILES string of the molecule is C=CCOCCn1ccc2cccc(C(=O)NC(CC=C)C(=O)N(C)OC)c21. The van der Waals surface area contributed by atoms with Crippen LogP contribution < -0.4 is 5.32 Å². The van der Waals surface area contributed by atoms with Crippen LogP contribution in [0.2, 0.25) is 0 Å². The minimum Gasteiger partial charge on any atom is -0.376 e. The van der Waals surface area contributed by atoms with Crippen LogP contribution in [0.4, 0.5) is 0 Å². The lowest BCUT2D eigenvalue weighted by Crippen LogP contribution is -2.46. The number of hydrogen-bond acceptors (Lipinski definition) is 4. The van der Waals surface area contributed by atoms with Crippen LogP contribution in [0, 0.1) is 0 Å². The zero-order chi connectivity index (χ0) is 20.5. The topological polar surface area (TPSA) is 72.8 Å². The minimum atomic E-state index is -0.760. The predicted molar refractivity (Wildman–Crippen MR) is 109 cm³/mol. The molecule has 1 aromatic heterocycles. The first-order valence-electron chi connectivity index (χ1n) is 9.03. The Balaban J connectivity index is 2.25. The molecule has 150 valence electrons. The van der Waals surface area contributed by atoms with E-state index in [2.05, 4.69) is 18.5 Å². The molecule has 0 aliphatic carbocycles. The molecule has 1 heterocycles. The van der Waals surface area contributed by atoms with Crippen LogP contribution >= 0.6 is 0 Å². The third-order valence-corrected chi connectivity index (χ3v) is 4.34. The average Bonchev–Trinajstić information content (AvgIpc) is 3.12. The maximum absolute atomic E-state index is 13.0. The summed E-state index contributed by atoms with van der Waals surface area (Å²) in [6, 6.07) is 6.70. The first-order valence-corrected chi connectivity index (χ1v) is 9.03. The second-order valence-corrected chi connectivity index (χ2v) is 6.18. The van der Waals surface area contributed by atoms with Crippen molar-refractivity contribution in [1.29, 1.82) is 0 Å². The number of aromatic nitrogens is 1. The van der Waals surface area contributed by atoms with Crippen LogP contribution in [0.15, 0.2) is 55.8 Å². The Morgan fingerprint density at radius 2 is 2.07 bits per heavy atom. The number of ether oxygens (including phenoxy) is 1. The summed E-state index contributed by atoms with van der Waals surface area (Å²) in [4.78, 5) is 30.3. The molecule has 1 aromatic carbocycles. The van der Waals surface area contributed by atoms with Gasteiger partial charge in [0.25, 0.3) is 11.8 Å². The van der Waals surface area contributed by atoms with Gasteiger partial charge in [0.1, 0.15) is 6.04 Å². The molecule has 2 amide bonds. The number of amides is 2. The third-order valence-electron chi connectivity index (χ3n) is 4.34. The molecule has 2 rings (SSSR count). The van der Waals surface area contributed by atoms with Gasteiger partial charge in [-0.15, -0.1) is 13.2 Å². The maximum Gasteiger partial charge on any atom is 0.268 e. The van der Waals surface area contributed by atoms with Gasteiger partial charge in [0.2, 0.25) is 0 Å². The zero-order valence-electron chi connectivity index (χ0n) is 16.4. The van der Waals surface area contributed by atoms with Crippen LogP contribution in [0.5, 0.6) is 0 Å². The molecule has 0 aliphatic heterocycles. The molecule has 0 saturated carbocycles. The Kier molecular flexibility index (Phi) is 7.98. The number of likely N-dealkylation sites (N-methyl/N-ethyl adjacent to an activating group) is 1. The first-order chi connectivity index (χ1) is 13.5. The van der Waals surface area contributed by atoms with Gasteiger partial charge in [-0.3, -0.25) is 14.4 Å². The molecule has 2 aromatic rings. The number of fused-ring (bicyclic) bond motifs is 1. The van der Waals surface area contributed by atoms with E-state index in [1.165, 1.54) is 14.2 Å². The Morgan fingerprint density at radius 1 is 1.29 bits per heavy atom. The summed E-state index contributed by atoms with van der Waals surface area (Å²) >= 11 is 0. The highest BCUT2D eigenvalue weighted by Gasteiger charge is 2.24. The Labute approximate surface area is 165 Å². The maximum atomic E-state index is 13.0. The van der Waals surface area contributed by atoms with Crippen LogP contribution in [0.1, 0.15) is 16.8 Å². The number of rotatable bonds is 11. The fourth-order valence-corrected chi connectivity index (χ4v) is 2.89. The van der Waals surface area contributed by atoms with Gasteiger partial charge in [-0.25, -0.2) is 5.06 Å². The molecule has 1 N–H and O–H groups in total. The largest absolute Gasteiger partial charge is 0.376 e. The molecule has 0 radical (unpaired) electrons. The second-order valence-electron chi connectivity index (χ2n) is 6.18. The predicted octanol–water partition coefficient (Wildman–Crippen LogP) is 2.54. The van der Waals surface area contributed by atoms with E-state index in [1.54, 1.807) is 18.2 Å². The summed E-state index contributed by atoms with van der Waals surface area (Å²) in [6.45, 7) is 8.87. The Bertz CT molecular complexity index is 843. The molecule has 0 spiro atoms. The van der Waals surface area contributed by atoms with E-state index < -0.39 is 6.04 Å². The number of carbonyl (C=O) groups is 2. The fraction of sp³-hybridized carbons (Fsp3) is 0.333. The quantitative estimate of drug-likeness (QED) is 0.367. The van der Waals surface area contributed by atoms with E-state index in [4.69, 9.17) is 9.57 Å². The Morgan fingerprint density at radius 3 is 2.75 bits per heavy atom. The molecule has 0 aliphatic rings. The van der Waals surface area contributed by atoms with Gasteiger partial charge in [-0.2, -0.15) is 0 Å². The van der Waals surface area contributed by atoms with Crippen LogP contribution in [-0.4, -0.2) is 54.9 Å². The summed E-state index contributed by atoms with van der Waals surface area (Å²) in [5.74, 6) is -0.682. The number of nitrogens with zero attached hydrogens (tertiary/aromatic N) is 2. The van der Waals surface area contributed by atoms with Crippen LogP contribution in [0.25, 0.3) is 10.9 Å². The van der Waals surface area contributed by atoms with Gasteiger partial charge in [0, 0.05) is 25.2 Å². The molecule has 1 unspecified atom stereocenters. The lowest BCUT2D eigenvalue weighted by molar-refractivity contribution is -0.170. The van der Waals surface area contributed by atoms with Crippen molar-refractivity contribution in [2.24, 2.45) is 0 Å². The highest BCUT2D eigenvalue weighted by atomic mass is 16.7. The number of hydroxylamine groups is 2. The van der Waals surface area contributed by atoms with Crippen molar-refractivity contribution in [3.05, 3.63) is 61.3 Å². The van der Waals surface area contributed by atoms with E-state index in [9.17, 15) is 9.59 Å². The molecule has 0 fully saturated rings. The molecule has 7 nitrogen and oxygen atoms in total. The number of nitrogens with one attached hydrogen (secondary N) is 1. The summed E-state index contributed by atoms with van der Waals surface area (Å²) in [5.41, 5.74) is 1.29. The van der Waals surface area contributed by atoms with Gasteiger partial charge in [0.15, 0.2) is 0 Å². The van der Waals surface area contributed by atoms with Crippen molar-refractivity contribution < 1.29 is 19.2 Å². The van der Waals surface area contributed by atoms with Gasteiger partial charge in [0.05, 0.1) is 31.4 Å². The van der Waals surface area contributed by atoms with Gasteiger partial charge in [-0.05, 0) is 18.6 Å². The van der Waals surface area contributed by atoms with E-state index >= 15 is 0 Å². The van der Waals surface area contributed by atoms with E-state index in [-0.39, 0.29) is 11.8 Å². The fourth-order valence-electron chi connectivity index (χ4n) is 2.89. The molecule has 0 saturated heterocycles. The summed E-state index contributed by atoms with van der Waals surface area (Å²) < 4.78 is 7.43. The molecule has 7 heteroatoms. The highest BCUT2D eigenvalue weighted by Crippen LogP contribution is 2.21. The van der Waals surface area contributed by atoms with Crippen molar-refractivity contribution in [2.45, 2.75) is 19.0 Å². The number of para-hydroxylation sites is 1. The lowest BCUT2D eigenvalue weighted by atomic mass is 10.1. The van der Waals surface area contributed by atoms with Crippen LogP contribution in [0.3, 0.4) is 0 Å². The van der Waals surface area contributed by atoms with Crippen molar-refractivity contribution >= 4 is 22.7 Å². The highest BCUT2D eigenvalue weighted by molar-refractivity contribution is 6.07. The van der Waals surface area contributed by atoms with E-state index in [0.29, 0.717) is 31.7 Å². The smallest absolute Gasteiger partial charge is 0.268 e. The number of carbonyl (C=O) groups excluding carboxylic acids is 2. The number of benzene rings is 1. The normalized spacial score (nSPS) is 11.8. The third kappa shape index (κ3) is 5.09. The van der Waals surface area contributed by atoms with Crippen LogP contribution in [-0.2, 0) is 20.9 Å². The number of hydrogen-bond donors (Lipinski definition) is 1. The molecule has 1 atom stereocenters. The van der Waals surface area contributed by atoms with Crippen molar-refractivity contribution in [2.75, 3.05) is 27.4 Å². The van der Waals surface area contributed by atoms with Gasteiger partial charge >= 0.3 is 0 Å². The Hall–Kier alpha value is -2.90. The molecule has 0 bridgehead atoms. The molecular weight excluding hydrogens is 358 g/mol. The van der Waals surface area contributed by atoms with Gasteiger partial charge < -0.3 is 14.6 Å². The van der Waals surface area contributed by atoms with E-state index in [0.717, 1.165) is 16.0 Å². The summed E-state index contributed by atoms with van der Waals surface area (Å²) in [6.07, 6.45) is 5.50. The van der Waals surface area contributed by atoms with Crippen molar-refractivity contribution in [3.8, 4) is 0 Å². The molecule has 28 heavy (non-hydrogen) atoms. The van der Waals surface area contributed by atoms with Gasteiger partial charge in [-0.1, -0.05) is 24.3 Å². The second kappa shape index (κ2) is 10.4. The van der Waals surface area contributed by atoms with Crippen molar-refractivity contribution in [3.63, 3.8) is 0 Å².